The molecule has 0 aliphatic rings. The largest absolute Gasteiger partial charge is 0.477 e. The number of halogens is 1. The fourth-order valence-corrected chi connectivity index (χ4v) is 3.60. The quantitative estimate of drug-likeness (QED) is 0.833. The summed E-state index contributed by atoms with van der Waals surface area (Å²) in [5.41, 5.74) is 2.12. The molecule has 0 spiro atoms. The van der Waals surface area contributed by atoms with Crippen molar-refractivity contribution in [3.8, 4) is 0 Å². The van der Waals surface area contributed by atoms with Crippen molar-refractivity contribution in [3.63, 3.8) is 0 Å². The van der Waals surface area contributed by atoms with Crippen molar-refractivity contribution in [3.05, 3.63) is 42.7 Å². The number of aryl methyl sites for hydroxylation is 3. The zero-order valence-electron chi connectivity index (χ0n) is 11.2. The molecule has 2 aromatic heterocycles. The first-order chi connectivity index (χ1) is 9.08. The Labute approximate surface area is 126 Å². The van der Waals surface area contributed by atoms with Gasteiger partial charge in [0.05, 0.1) is 4.34 Å². The van der Waals surface area contributed by atoms with Crippen LogP contribution in [0.2, 0.25) is 4.34 Å². The van der Waals surface area contributed by atoms with Crippen LogP contribution in [0.3, 0.4) is 0 Å². The van der Waals surface area contributed by atoms with Crippen LogP contribution in [0.5, 0.6) is 0 Å². The zero-order chi connectivity index (χ0) is 14.4. The molecule has 0 amide bonds. The molecule has 2 nitrogen and oxygen atoms in total. The maximum absolute atomic E-state index is 11.0. The molecular weight excluding hydrogens is 300 g/mol. The molecule has 0 bridgehead atoms. The molecule has 0 unspecified atom stereocenters. The third-order valence-corrected chi connectivity index (χ3v) is 4.79. The second kappa shape index (κ2) is 7.68. The van der Waals surface area contributed by atoms with Crippen LogP contribution < -0.4 is 0 Å². The van der Waals surface area contributed by atoms with Crippen molar-refractivity contribution in [2.24, 2.45) is 0 Å². The van der Waals surface area contributed by atoms with Crippen LogP contribution in [0, 0.1) is 6.92 Å². The molecule has 0 saturated carbocycles. The van der Waals surface area contributed by atoms with E-state index in [2.05, 4.69) is 18.4 Å². The molecule has 5 heteroatoms. The highest BCUT2D eigenvalue weighted by atomic mass is 35.5. The van der Waals surface area contributed by atoms with Crippen molar-refractivity contribution in [1.82, 2.24) is 0 Å². The van der Waals surface area contributed by atoms with Gasteiger partial charge in [-0.15, -0.1) is 22.7 Å². The van der Waals surface area contributed by atoms with Crippen molar-refractivity contribution < 1.29 is 9.90 Å². The summed E-state index contributed by atoms with van der Waals surface area (Å²) in [6.07, 6.45) is 1.59. The molecule has 0 aliphatic heterocycles. The average Bonchev–Trinajstić information content (AvgIpc) is 2.95. The number of carboxylic acid groups (broad SMARTS) is 1. The van der Waals surface area contributed by atoms with Gasteiger partial charge >= 0.3 is 5.97 Å². The summed E-state index contributed by atoms with van der Waals surface area (Å²) in [5.74, 6) is -0.890. The standard InChI is InChI=1S/C12H11ClO2S2.C2H6/c1-7-8(4-5-16-7)2-3-9-6-10(13)17-11(9)12(14)15;1-2/h4-6H,2-3H2,1H3,(H,14,15);1-2H3. The predicted molar refractivity (Wildman–Crippen MR) is 84.1 cm³/mol. The van der Waals surface area contributed by atoms with E-state index in [9.17, 15) is 4.79 Å². The maximum Gasteiger partial charge on any atom is 0.346 e. The molecule has 0 saturated heterocycles. The van der Waals surface area contributed by atoms with Gasteiger partial charge < -0.3 is 5.11 Å². The van der Waals surface area contributed by atoms with Crippen molar-refractivity contribution in [2.45, 2.75) is 33.6 Å². The van der Waals surface area contributed by atoms with Crippen LogP contribution in [0.4, 0.5) is 0 Å². The van der Waals surface area contributed by atoms with E-state index in [1.54, 1.807) is 17.4 Å². The highest BCUT2D eigenvalue weighted by Crippen LogP contribution is 2.28. The van der Waals surface area contributed by atoms with Gasteiger partial charge in [0, 0.05) is 4.88 Å². The molecule has 0 radical (unpaired) electrons. The lowest BCUT2D eigenvalue weighted by molar-refractivity contribution is 0.0701. The third kappa shape index (κ3) is 4.34. The molecule has 0 aromatic carbocycles. The highest BCUT2D eigenvalue weighted by Gasteiger charge is 2.14. The Bertz CT molecular complexity index is 543. The van der Waals surface area contributed by atoms with E-state index in [1.807, 2.05) is 13.8 Å². The minimum Gasteiger partial charge on any atom is -0.477 e. The lowest BCUT2D eigenvalue weighted by atomic mass is 10.1. The molecule has 0 aliphatic carbocycles. The van der Waals surface area contributed by atoms with Crippen molar-refractivity contribution in [2.75, 3.05) is 0 Å². The first kappa shape index (κ1) is 16.2. The fraction of sp³-hybridized carbons (Fsp3) is 0.357. The topological polar surface area (TPSA) is 37.3 Å². The Morgan fingerprint density at radius 3 is 2.47 bits per heavy atom. The normalized spacial score (nSPS) is 9.89. The van der Waals surface area contributed by atoms with Gasteiger partial charge in [0.15, 0.2) is 0 Å². The van der Waals surface area contributed by atoms with Crippen LogP contribution in [0.15, 0.2) is 17.5 Å². The molecular formula is C14H17ClO2S2. The van der Waals surface area contributed by atoms with Crippen molar-refractivity contribution in [1.29, 1.82) is 0 Å². The Balaban J connectivity index is 0.000000861. The van der Waals surface area contributed by atoms with E-state index < -0.39 is 5.97 Å². The first-order valence-corrected chi connectivity index (χ1v) is 8.20. The molecule has 104 valence electrons. The molecule has 19 heavy (non-hydrogen) atoms. The van der Waals surface area contributed by atoms with Gasteiger partial charge in [-0.1, -0.05) is 25.4 Å². The Morgan fingerprint density at radius 1 is 1.32 bits per heavy atom. The lowest BCUT2D eigenvalue weighted by Gasteiger charge is -2.00. The average molecular weight is 317 g/mol. The second-order valence-electron chi connectivity index (χ2n) is 3.71. The summed E-state index contributed by atoms with van der Waals surface area (Å²) in [4.78, 5) is 12.7. The van der Waals surface area contributed by atoms with Gasteiger partial charge in [0.1, 0.15) is 4.88 Å². The number of carboxylic acids is 1. The van der Waals surface area contributed by atoms with Crippen LogP contribution in [0.1, 0.15) is 39.5 Å². The zero-order valence-corrected chi connectivity index (χ0v) is 13.6. The Kier molecular flexibility index (Phi) is 6.55. The molecule has 2 rings (SSSR count). The van der Waals surface area contributed by atoms with Gasteiger partial charge in [0.25, 0.3) is 0 Å². The molecule has 0 atom stereocenters. The Hall–Kier alpha value is -0.840. The van der Waals surface area contributed by atoms with Gasteiger partial charge in [-0.3, -0.25) is 0 Å². The van der Waals surface area contributed by atoms with Gasteiger partial charge in [-0.05, 0) is 48.4 Å². The molecule has 0 fully saturated rings. The van der Waals surface area contributed by atoms with Crippen LogP contribution in [0.25, 0.3) is 0 Å². The number of rotatable bonds is 4. The van der Waals surface area contributed by atoms with Crippen LogP contribution >= 0.6 is 34.3 Å². The van der Waals surface area contributed by atoms with Crippen molar-refractivity contribution >= 4 is 40.2 Å². The maximum atomic E-state index is 11.0. The highest BCUT2D eigenvalue weighted by molar-refractivity contribution is 7.18. The summed E-state index contributed by atoms with van der Waals surface area (Å²) in [6, 6.07) is 3.85. The summed E-state index contributed by atoms with van der Waals surface area (Å²) in [7, 11) is 0. The van der Waals surface area contributed by atoms with E-state index >= 15 is 0 Å². The second-order valence-corrected chi connectivity index (χ2v) is 6.52. The third-order valence-electron chi connectivity index (χ3n) is 2.60. The Morgan fingerprint density at radius 2 is 1.95 bits per heavy atom. The number of hydrogen-bond acceptors (Lipinski definition) is 3. The SMILES string of the molecule is CC.Cc1sccc1CCc1cc(Cl)sc1C(=O)O. The minimum absolute atomic E-state index is 0.364. The summed E-state index contributed by atoms with van der Waals surface area (Å²) in [5, 5.41) is 11.1. The minimum atomic E-state index is -0.890. The smallest absolute Gasteiger partial charge is 0.346 e. The lowest BCUT2D eigenvalue weighted by Crippen LogP contribution is -1.99. The van der Waals surface area contributed by atoms with Gasteiger partial charge in [-0.2, -0.15) is 0 Å². The van der Waals surface area contributed by atoms with Crippen LogP contribution in [-0.2, 0) is 12.8 Å². The predicted octanol–water partition coefficient (Wildman–Crippen LogP) is 5.28. The number of aromatic carboxylic acids is 1. The molecule has 2 aromatic rings. The molecule has 2 heterocycles. The fourth-order valence-electron chi connectivity index (χ4n) is 1.70. The van der Waals surface area contributed by atoms with E-state index in [1.165, 1.54) is 10.4 Å². The summed E-state index contributed by atoms with van der Waals surface area (Å²) in [6.45, 7) is 6.08. The first-order valence-electron chi connectivity index (χ1n) is 6.12. The van der Waals surface area contributed by atoms with E-state index in [-0.39, 0.29) is 0 Å². The van der Waals surface area contributed by atoms with Crippen LogP contribution in [-0.4, -0.2) is 11.1 Å². The van der Waals surface area contributed by atoms with Gasteiger partial charge in [-0.25, -0.2) is 4.79 Å². The van der Waals surface area contributed by atoms with Gasteiger partial charge in [0.2, 0.25) is 0 Å². The number of carbonyl (C=O) groups is 1. The van der Waals surface area contributed by atoms with E-state index in [0.717, 1.165) is 29.7 Å². The summed E-state index contributed by atoms with van der Waals surface area (Å²) < 4.78 is 0.541. The van der Waals surface area contributed by atoms with E-state index in [0.29, 0.717) is 9.21 Å². The summed E-state index contributed by atoms with van der Waals surface area (Å²) >= 11 is 8.71. The van der Waals surface area contributed by atoms with E-state index in [4.69, 9.17) is 16.7 Å². The number of thiophene rings is 2. The number of hydrogen-bond donors (Lipinski definition) is 1. The monoisotopic (exact) mass is 316 g/mol. The molecule has 1 N–H and O–H groups in total.